The Morgan fingerprint density at radius 2 is 1.89 bits per heavy atom. The Kier molecular flexibility index (Phi) is 1.93. The van der Waals surface area contributed by atoms with Crippen LogP contribution in [-0.4, -0.2) is 10.2 Å². The molecule has 0 saturated heterocycles. The average molecular weight is 248 g/mol. The second kappa shape index (κ2) is 3.51. The molecule has 0 saturated carbocycles. The molecule has 0 spiro atoms. The molecule has 2 aliphatic rings. The van der Waals surface area contributed by atoms with Gasteiger partial charge in [0.25, 0.3) is 0 Å². The van der Waals surface area contributed by atoms with Crippen LogP contribution < -0.4 is 10.4 Å². The summed E-state index contributed by atoms with van der Waals surface area (Å²) >= 11 is 0. The monoisotopic (exact) mass is 248 g/mol. The van der Waals surface area contributed by atoms with Gasteiger partial charge in [0.05, 0.1) is 0 Å². The summed E-state index contributed by atoms with van der Waals surface area (Å²) < 4.78 is 0. The van der Waals surface area contributed by atoms with Crippen LogP contribution in [0.25, 0.3) is 22.4 Å². The molecule has 2 aliphatic carbocycles. The zero-order chi connectivity index (χ0) is 13.0. The topological polar surface area (TPSA) is 40.5 Å². The Bertz CT molecular complexity index is 899. The van der Waals surface area contributed by atoms with Gasteiger partial charge in [-0.15, -0.1) is 0 Å². The van der Waals surface area contributed by atoms with Crippen molar-refractivity contribution in [3.05, 3.63) is 58.5 Å². The van der Waals surface area contributed by atoms with Crippen LogP contribution in [0.15, 0.2) is 48.1 Å². The van der Waals surface area contributed by atoms with Gasteiger partial charge in [0.15, 0.2) is 0 Å². The van der Waals surface area contributed by atoms with Gasteiger partial charge >= 0.3 is 0 Å². The van der Waals surface area contributed by atoms with Crippen LogP contribution in [-0.2, 0) is 0 Å². The lowest BCUT2D eigenvalue weighted by Crippen LogP contribution is -2.30. The molecular formula is C17H12O2. The van der Waals surface area contributed by atoms with Gasteiger partial charge in [0.2, 0.25) is 0 Å². The third kappa shape index (κ3) is 1.31. The molecule has 4 rings (SSSR count). The first kappa shape index (κ1) is 10.4. The van der Waals surface area contributed by atoms with Crippen molar-refractivity contribution in [2.24, 2.45) is 0 Å². The van der Waals surface area contributed by atoms with E-state index in [4.69, 9.17) is 0 Å². The van der Waals surface area contributed by atoms with Crippen molar-refractivity contribution in [1.82, 2.24) is 0 Å². The van der Waals surface area contributed by atoms with Gasteiger partial charge in [-0.05, 0) is 40.3 Å². The molecule has 0 heterocycles. The number of phenolic OH excluding ortho intramolecular Hbond substituents is 2. The number of hydrogen-bond acceptors (Lipinski definition) is 2. The molecule has 2 aromatic rings. The van der Waals surface area contributed by atoms with Crippen molar-refractivity contribution >= 4 is 22.4 Å². The largest absolute Gasteiger partial charge is 0.507 e. The van der Waals surface area contributed by atoms with E-state index in [2.05, 4.69) is 12.2 Å². The molecule has 19 heavy (non-hydrogen) atoms. The van der Waals surface area contributed by atoms with E-state index in [1.54, 1.807) is 12.1 Å². The maximum Gasteiger partial charge on any atom is 0.124 e. The highest BCUT2D eigenvalue weighted by atomic mass is 16.3. The Morgan fingerprint density at radius 3 is 2.79 bits per heavy atom. The minimum atomic E-state index is 0.206. The summed E-state index contributed by atoms with van der Waals surface area (Å²) in [6.07, 6.45) is 9.12. The van der Waals surface area contributed by atoms with Crippen molar-refractivity contribution in [2.45, 2.75) is 6.42 Å². The van der Waals surface area contributed by atoms with Gasteiger partial charge in [-0.2, -0.15) is 0 Å². The third-order valence-corrected chi connectivity index (χ3v) is 3.88. The number of fused-ring (bicyclic) bond motifs is 4. The van der Waals surface area contributed by atoms with Crippen LogP contribution in [0.5, 0.6) is 11.5 Å². The minimum absolute atomic E-state index is 0.206. The summed E-state index contributed by atoms with van der Waals surface area (Å²) in [6, 6.07) is 7.12. The summed E-state index contributed by atoms with van der Waals surface area (Å²) in [7, 11) is 0. The number of allylic oxidation sites excluding steroid dienone is 4. The van der Waals surface area contributed by atoms with E-state index in [1.807, 2.05) is 24.3 Å². The molecule has 2 N–H and O–H groups in total. The Hall–Kier alpha value is -2.48. The van der Waals surface area contributed by atoms with Crippen molar-refractivity contribution in [1.29, 1.82) is 0 Å². The molecular weight excluding hydrogens is 236 g/mol. The fourth-order valence-electron chi connectivity index (χ4n) is 3.01. The first-order chi connectivity index (χ1) is 9.25. The summed E-state index contributed by atoms with van der Waals surface area (Å²) in [4.78, 5) is 0. The van der Waals surface area contributed by atoms with Gasteiger partial charge in [-0.25, -0.2) is 0 Å². The van der Waals surface area contributed by atoms with E-state index in [9.17, 15) is 10.2 Å². The lowest BCUT2D eigenvalue weighted by molar-refractivity contribution is 0.467. The summed E-state index contributed by atoms with van der Waals surface area (Å²) in [5, 5.41) is 23.8. The quantitative estimate of drug-likeness (QED) is 0.749. The Morgan fingerprint density at radius 1 is 1.00 bits per heavy atom. The van der Waals surface area contributed by atoms with E-state index >= 15 is 0 Å². The fraction of sp³-hybridized carbons (Fsp3) is 0.0588. The molecule has 92 valence electrons. The van der Waals surface area contributed by atoms with Crippen molar-refractivity contribution in [3.8, 4) is 11.5 Å². The maximum absolute atomic E-state index is 10.3. The minimum Gasteiger partial charge on any atom is -0.507 e. The highest BCUT2D eigenvalue weighted by Crippen LogP contribution is 2.28. The van der Waals surface area contributed by atoms with Gasteiger partial charge in [-0.3, -0.25) is 0 Å². The number of hydrogen-bond donors (Lipinski definition) is 2. The zero-order valence-electron chi connectivity index (χ0n) is 10.2. The Labute approximate surface area is 109 Å². The van der Waals surface area contributed by atoms with E-state index < -0.39 is 0 Å². The summed E-state index contributed by atoms with van der Waals surface area (Å²) in [5.74, 6) is 0.435. The number of phenols is 2. The van der Waals surface area contributed by atoms with Crippen LogP contribution in [0, 0.1) is 0 Å². The van der Waals surface area contributed by atoms with Crippen molar-refractivity contribution < 1.29 is 10.2 Å². The molecule has 0 radical (unpaired) electrons. The smallest absolute Gasteiger partial charge is 0.124 e. The fourth-order valence-corrected chi connectivity index (χ4v) is 3.01. The lowest BCUT2D eigenvalue weighted by Gasteiger charge is -2.13. The second-order valence-corrected chi connectivity index (χ2v) is 4.93. The number of aromatic hydroxyl groups is 2. The molecule has 2 aromatic carbocycles. The molecule has 0 aliphatic heterocycles. The molecule has 0 bridgehead atoms. The second-order valence-electron chi connectivity index (χ2n) is 4.93. The third-order valence-electron chi connectivity index (χ3n) is 3.88. The molecule has 0 amide bonds. The van der Waals surface area contributed by atoms with Crippen molar-refractivity contribution in [3.63, 3.8) is 0 Å². The summed E-state index contributed by atoms with van der Waals surface area (Å²) in [5.41, 5.74) is 2.34. The highest BCUT2D eigenvalue weighted by Gasteiger charge is 2.15. The summed E-state index contributed by atoms with van der Waals surface area (Å²) in [6.45, 7) is 0. The molecule has 0 unspecified atom stereocenters. The van der Waals surface area contributed by atoms with Crippen LogP contribution >= 0.6 is 0 Å². The molecule has 0 fully saturated rings. The van der Waals surface area contributed by atoms with Crippen LogP contribution in [0.3, 0.4) is 0 Å². The van der Waals surface area contributed by atoms with E-state index in [-0.39, 0.29) is 11.5 Å². The normalized spacial score (nSPS) is 16.0. The highest BCUT2D eigenvalue weighted by molar-refractivity contribution is 5.93. The first-order valence-corrected chi connectivity index (χ1v) is 6.31. The molecule has 0 aromatic heterocycles. The molecule has 0 atom stereocenters. The van der Waals surface area contributed by atoms with Crippen LogP contribution in [0.4, 0.5) is 0 Å². The van der Waals surface area contributed by atoms with Gasteiger partial charge in [-0.1, -0.05) is 36.4 Å². The van der Waals surface area contributed by atoms with Gasteiger partial charge in [0.1, 0.15) is 11.5 Å². The Balaban J connectivity index is 2.33. The lowest BCUT2D eigenvalue weighted by atomic mass is 9.93. The predicted molar refractivity (Wildman–Crippen MR) is 76.2 cm³/mol. The van der Waals surface area contributed by atoms with Crippen LogP contribution in [0.1, 0.15) is 6.42 Å². The van der Waals surface area contributed by atoms with E-state index in [1.165, 1.54) is 5.57 Å². The first-order valence-electron chi connectivity index (χ1n) is 6.31. The molecule has 2 heteroatoms. The standard InChI is InChI=1S/C17H12O2/c18-15-6-2-5-12-13-8-7-10-3-1-4-11(10)17(13)16(19)9-14(12)15/h1-6,8-9,18-19H,7H2. The average Bonchev–Trinajstić information content (AvgIpc) is 2.88. The van der Waals surface area contributed by atoms with E-state index in [0.29, 0.717) is 5.39 Å². The zero-order valence-corrected chi connectivity index (χ0v) is 10.2. The number of benzene rings is 2. The maximum atomic E-state index is 10.3. The van der Waals surface area contributed by atoms with E-state index in [0.717, 1.165) is 27.8 Å². The van der Waals surface area contributed by atoms with Gasteiger partial charge < -0.3 is 10.2 Å². The number of rotatable bonds is 0. The van der Waals surface area contributed by atoms with Crippen molar-refractivity contribution in [2.75, 3.05) is 0 Å². The molecule has 2 nitrogen and oxygen atoms in total. The predicted octanol–water partition coefficient (Wildman–Crippen LogP) is 2.08. The van der Waals surface area contributed by atoms with Gasteiger partial charge in [0, 0.05) is 10.6 Å². The van der Waals surface area contributed by atoms with Crippen LogP contribution in [0.2, 0.25) is 0 Å². The SMILES string of the molecule is Oc1cc2c(O)cccc2c2c1=C1C=CC=C1CC=2.